The zero-order chi connectivity index (χ0) is 43.0. The van der Waals surface area contributed by atoms with Gasteiger partial charge in [-0.3, -0.25) is 14.4 Å². The summed E-state index contributed by atoms with van der Waals surface area (Å²) in [5, 5.41) is 0. The van der Waals surface area contributed by atoms with Gasteiger partial charge in [0.2, 0.25) is 0 Å². The van der Waals surface area contributed by atoms with E-state index in [-0.39, 0.29) is 31.1 Å². The maximum absolute atomic E-state index is 12.7. The van der Waals surface area contributed by atoms with Crippen LogP contribution in [0.2, 0.25) is 0 Å². The first-order valence-electron chi connectivity index (χ1n) is 24.8. The van der Waals surface area contributed by atoms with Crippen molar-refractivity contribution in [3.05, 3.63) is 60.8 Å². The minimum Gasteiger partial charge on any atom is -0.462 e. The summed E-state index contributed by atoms with van der Waals surface area (Å²) >= 11 is 0. The predicted molar refractivity (Wildman–Crippen MR) is 251 cm³/mol. The van der Waals surface area contributed by atoms with E-state index in [1.807, 2.05) is 0 Å². The van der Waals surface area contributed by atoms with E-state index in [1.165, 1.54) is 103 Å². The summed E-state index contributed by atoms with van der Waals surface area (Å²) in [5.41, 5.74) is 0. The first kappa shape index (κ1) is 56.1. The third-order valence-corrected chi connectivity index (χ3v) is 10.5. The largest absolute Gasteiger partial charge is 0.462 e. The van der Waals surface area contributed by atoms with Gasteiger partial charge in [0.1, 0.15) is 13.2 Å². The highest BCUT2D eigenvalue weighted by molar-refractivity contribution is 5.71. The molecule has 0 rings (SSSR count). The summed E-state index contributed by atoms with van der Waals surface area (Å²) in [7, 11) is 0. The summed E-state index contributed by atoms with van der Waals surface area (Å²) < 4.78 is 16.7. The molecular weight excluding hydrogens is 733 g/mol. The van der Waals surface area contributed by atoms with Gasteiger partial charge in [-0.15, -0.1) is 0 Å². The van der Waals surface area contributed by atoms with Gasteiger partial charge in [0, 0.05) is 19.3 Å². The molecule has 0 unspecified atom stereocenters. The first-order valence-corrected chi connectivity index (χ1v) is 24.8. The standard InChI is InChI=1S/C53H92O6/c1-4-7-10-13-16-19-22-24-25-26-27-28-29-30-32-34-37-40-43-46-52(55)58-49-50(48-57-51(54)45-42-39-36-33-21-18-15-12-9-6-3)59-53(56)47-44-41-38-35-31-23-20-17-14-11-8-5-2/h7,10,16,19,24-25,27-28,30,32,50H,4-6,8-9,11-15,17-18,20-23,26,29,31,33-49H2,1-3H3/b10-7-,19-16-,25-24-,28-27-,32-30-/t50-/m1/s1. The smallest absolute Gasteiger partial charge is 0.306 e. The highest BCUT2D eigenvalue weighted by atomic mass is 16.6. The van der Waals surface area contributed by atoms with Crippen molar-refractivity contribution in [1.29, 1.82) is 0 Å². The number of rotatable bonds is 44. The van der Waals surface area contributed by atoms with Crippen molar-refractivity contribution < 1.29 is 28.6 Å². The molecule has 0 radical (unpaired) electrons. The van der Waals surface area contributed by atoms with E-state index < -0.39 is 6.10 Å². The Hall–Kier alpha value is -2.89. The second kappa shape index (κ2) is 47.8. The fourth-order valence-corrected chi connectivity index (χ4v) is 6.82. The predicted octanol–water partition coefficient (Wildman–Crippen LogP) is 16.1. The van der Waals surface area contributed by atoms with Crippen molar-refractivity contribution in [3.63, 3.8) is 0 Å². The number of unbranched alkanes of at least 4 members (excludes halogenated alkanes) is 23. The summed E-state index contributed by atoms with van der Waals surface area (Å²) in [6.07, 6.45) is 57.7. The number of hydrogen-bond acceptors (Lipinski definition) is 6. The number of allylic oxidation sites excluding steroid dienone is 10. The normalized spacial score (nSPS) is 12.5. The maximum Gasteiger partial charge on any atom is 0.306 e. The van der Waals surface area contributed by atoms with Crippen LogP contribution in [0.25, 0.3) is 0 Å². The molecule has 1 atom stereocenters. The maximum atomic E-state index is 12.7. The minimum absolute atomic E-state index is 0.0820. The molecule has 0 saturated carbocycles. The minimum atomic E-state index is -0.782. The second-order valence-electron chi connectivity index (χ2n) is 16.4. The van der Waals surface area contributed by atoms with Gasteiger partial charge in [-0.25, -0.2) is 0 Å². The third-order valence-electron chi connectivity index (χ3n) is 10.5. The lowest BCUT2D eigenvalue weighted by atomic mass is 10.0. The molecule has 0 amide bonds. The molecule has 6 heteroatoms. The molecular formula is C53H92O6. The number of hydrogen-bond donors (Lipinski definition) is 0. The topological polar surface area (TPSA) is 78.9 Å². The molecule has 0 aromatic carbocycles. The molecule has 6 nitrogen and oxygen atoms in total. The quantitative estimate of drug-likeness (QED) is 0.0263. The zero-order valence-electron chi connectivity index (χ0n) is 38.8. The molecule has 0 aliphatic heterocycles. The molecule has 0 aromatic heterocycles. The molecule has 0 aliphatic carbocycles. The van der Waals surface area contributed by atoms with E-state index in [9.17, 15) is 14.4 Å². The monoisotopic (exact) mass is 825 g/mol. The molecule has 0 spiro atoms. The molecule has 0 aliphatic rings. The number of carbonyl (C=O) groups is 3. The van der Waals surface area contributed by atoms with E-state index in [1.54, 1.807) is 0 Å². The van der Waals surface area contributed by atoms with Crippen LogP contribution in [0, 0.1) is 0 Å². The van der Waals surface area contributed by atoms with Gasteiger partial charge in [0.25, 0.3) is 0 Å². The number of ether oxygens (including phenoxy) is 3. The van der Waals surface area contributed by atoms with Crippen molar-refractivity contribution in [3.8, 4) is 0 Å². The SMILES string of the molecule is CC/C=C\C/C=C\C/C=C\C/C=C\C/C=C\CCCCCC(=O)OC[C@@H](COC(=O)CCCCCCCCCCCC)OC(=O)CCCCCCCCCCCCCC. The van der Waals surface area contributed by atoms with Crippen LogP contribution in [0.3, 0.4) is 0 Å². The molecule has 0 saturated heterocycles. The molecule has 0 bridgehead atoms. The Balaban J connectivity index is 4.39. The van der Waals surface area contributed by atoms with Gasteiger partial charge in [0.05, 0.1) is 0 Å². The molecule has 0 aromatic rings. The Morgan fingerprint density at radius 1 is 0.356 bits per heavy atom. The van der Waals surface area contributed by atoms with Gasteiger partial charge in [0.15, 0.2) is 6.10 Å². The average Bonchev–Trinajstić information content (AvgIpc) is 3.23. The van der Waals surface area contributed by atoms with Crippen LogP contribution in [-0.4, -0.2) is 37.2 Å². The zero-order valence-corrected chi connectivity index (χ0v) is 38.8. The second-order valence-corrected chi connectivity index (χ2v) is 16.4. The van der Waals surface area contributed by atoms with Crippen molar-refractivity contribution in [2.24, 2.45) is 0 Å². The Kier molecular flexibility index (Phi) is 45.4. The van der Waals surface area contributed by atoms with Crippen molar-refractivity contribution >= 4 is 17.9 Å². The third kappa shape index (κ3) is 46.0. The molecule has 0 fully saturated rings. The molecule has 340 valence electrons. The number of esters is 3. The van der Waals surface area contributed by atoms with Crippen molar-refractivity contribution in [2.45, 2.75) is 245 Å². The van der Waals surface area contributed by atoms with Crippen molar-refractivity contribution in [1.82, 2.24) is 0 Å². The van der Waals surface area contributed by atoms with Gasteiger partial charge in [-0.2, -0.15) is 0 Å². The van der Waals surface area contributed by atoms with Gasteiger partial charge in [-0.05, 0) is 64.2 Å². The summed E-state index contributed by atoms with van der Waals surface area (Å²) in [5.74, 6) is -0.914. The van der Waals surface area contributed by atoms with Gasteiger partial charge < -0.3 is 14.2 Å². The van der Waals surface area contributed by atoms with E-state index in [0.29, 0.717) is 19.3 Å². The highest BCUT2D eigenvalue weighted by Crippen LogP contribution is 2.15. The Morgan fingerprint density at radius 2 is 0.661 bits per heavy atom. The summed E-state index contributed by atoms with van der Waals surface area (Å²) in [4.78, 5) is 37.8. The van der Waals surface area contributed by atoms with Crippen LogP contribution in [0.4, 0.5) is 0 Å². The van der Waals surface area contributed by atoms with Crippen LogP contribution in [0.1, 0.15) is 239 Å². The first-order chi connectivity index (χ1) is 29.0. The van der Waals surface area contributed by atoms with Crippen LogP contribution in [-0.2, 0) is 28.6 Å². The molecule has 0 heterocycles. The van der Waals surface area contributed by atoms with Gasteiger partial charge in [-0.1, -0.05) is 216 Å². The highest BCUT2D eigenvalue weighted by Gasteiger charge is 2.19. The Labute approximate surface area is 364 Å². The fraction of sp³-hybridized carbons (Fsp3) is 0.755. The van der Waals surface area contributed by atoms with E-state index in [0.717, 1.165) is 96.3 Å². The molecule has 59 heavy (non-hydrogen) atoms. The lowest BCUT2D eigenvalue weighted by Crippen LogP contribution is -2.30. The Morgan fingerprint density at radius 3 is 1.03 bits per heavy atom. The van der Waals surface area contributed by atoms with Gasteiger partial charge >= 0.3 is 17.9 Å². The lowest BCUT2D eigenvalue weighted by molar-refractivity contribution is -0.167. The van der Waals surface area contributed by atoms with Crippen LogP contribution in [0.5, 0.6) is 0 Å². The number of carbonyl (C=O) groups excluding carboxylic acids is 3. The van der Waals surface area contributed by atoms with E-state index in [4.69, 9.17) is 14.2 Å². The lowest BCUT2D eigenvalue weighted by Gasteiger charge is -2.18. The summed E-state index contributed by atoms with van der Waals surface area (Å²) in [6.45, 7) is 6.48. The van der Waals surface area contributed by atoms with E-state index in [2.05, 4.69) is 81.5 Å². The fourth-order valence-electron chi connectivity index (χ4n) is 6.82. The van der Waals surface area contributed by atoms with Crippen LogP contribution in [0.15, 0.2) is 60.8 Å². The Bertz CT molecular complexity index is 1090. The van der Waals surface area contributed by atoms with Crippen LogP contribution < -0.4 is 0 Å². The van der Waals surface area contributed by atoms with Crippen LogP contribution >= 0.6 is 0 Å². The molecule has 0 N–H and O–H groups in total. The average molecular weight is 825 g/mol. The summed E-state index contributed by atoms with van der Waals surface area (Å²) in [6, 6.07) is 0. The van der Waals surface area contributed by atoms with E-state index >= 15 is 0 Å². The van der Waals surface area contributed by atoms with Crippen molar-refractivity contribution in [2.75, 3.05) is 13.2 Å².